The fraction of sp³-hybridized carbons (Fsp3) is 1.00. The molecule has 2 nitrogen and oxygen atoms in total. The van der Waals surface area contributed by atoms with Crippen LogP contribution in [0.15, 0.2) is 0 Å². The quantitative estimate of drug-likeness (QED) is 0.598. The van der Waals surface area contributed by atoms with Crippen molar-refractivity contribution in [2.45, 2.75) is 39.2 Å². The molecule has 0 rings (SSSR count). The van der Waals surface area contributed by atoms with Crippen molar-refractivity contribution < 1.29 is 13.5 Å². The standard InChI is InChI=1S/C9H19F2NO/c1-3-8(12-4-2)5-6-13-7-9(10)11/h8-9,12H,3-7H2,1-2H3. The zero-order valence-corrected chi connectivity index (χ0v) is 8.35. The van der Waals surface area contributed by atoms with Gasteiger partial charge in [-0.05, 0) is 19.4 Å². The molecule has 0 fully saturated rings. The van der Waals surface area contributed by atoms with Crippen molar-refractivity contribution in [3.63, 3.8) is 0 Å². The highest BCUT2D eigenvalue weighted by Gasteiger charge is 2.05. The van der Waals surface area contributed by atoms with Gasteiger partial charge in [0.25, 0.3) is 6.43 Å². The van der Waals surface area contributed by atoms with Crippen LogP contribution in [0.2, 0.25) is 0 Å². The molecule has 0 aliphatic rings. The maximum atomic E-state index is 11.6. The van der Waals surface area contributed by atoms with E-state index in [4.69, 9.17) is 4.74 Å². The summed E-state index contributed by atoms with van der Waals surface area (Å²) in [6, 6.07) is 0.391. The minimum atomic E-state index is -2.35. The molecular weight excluding hydrogens is 176 g/mol. The van der Waals surface area contributed by atoms with Gasteiger partial charge < -0.3 is 10.1 Å². The molecule has 0 bridgehead atoms. The SMILES string of the molecule is CCNC(CC)CCOCC(F)F. The van der Waals surface area contributed by atoms with Crippen molar-refractivity contribution in [1.82, 2.24) is 5.32 Å². The van der Waals surface area contributed by atoms with Crippen molar-refractivity contribution in [2.75, 3.05) is 19.8 Å². The Bertz CT molecular complexity index is 112. The van der Waals surface area contributed by atoms with Crippen LogP contribution in [-0.2, 0) is 4.74 Å². The number of hydrogen-bond acceptors (Lipinski definition) is 2. The van der Waals surface area contributed by atoms with E-state index in [0.717, 1.165) is 19.4 Å². The summed E-state index contributed by atoms with van der Waals surface area (Å²) in [6.07, 6.45) is -0.539. The largest absolute Gasteiger partial charge is 0.375 e. The van der Waals surface area contributed by atoms with E-state index in [-0.39, 0.29) is 0 Å². The second kappa shape index (κ2) is 8.38. The van der Waals surface area contributed by atoms with Crippen LogP contribution in [0.25, 0.3) is 0 Å². The lowest BCUT2D eigenvalue weighted by Crippen LogP contribution is -2.29. The monoisotopic (exact) mass is 195 g/mol. The van der Waals surface area contributed by atoms with Crippen LogP contribution in [-0.4, -0.2) is 32.2 Å². The average Bonchev–Trinajstić information content (AvgIpc) is 2.10. The summed E-state index contributed by atoms with van der Waals surface area (Å²) in [5, 5.41) is 3.25. The average molecular weight is 195 g/mol. The summed E-state index contributed by atoms with van der Waals surface area (Å²) < 4.78 is 28.1. The summed E-state index contributed by atoms with van der Waals surface area (Å²) in [7, 11) is 0. The Morgan fingerprint density at radius 3 is 2.46 bits per heavy atom. The van der Waals surface area contributed by atoms with E-state index in [1.807, 2.05) is 6.92 Å². The first-order chi connectivity index (χ1) is 6.20. The molecule has 0 radical (unpaired) electrons. The van der Waals surface area contributed by atoms with Crippen molar-refractivity contribution >= 4 is 0 Å². The molecule has 13 heavy (non-hydrogen) atoms. The van der Waals surface area contributed by atoms with Crippen LogP contribution in [0.4, 0.5) is 8.78 Å². The van der Waals surface area contributed by atoms with Crippen molar-refractivity contribution in [1.29, 1.82) is 0 Å². The Morgan fingerprint density at radius 2 is 2.00 bits per heavy atom. The Hall–Kier alpha value is -0.220. The highest BCUT2D eigenvalue weighted by Crippen LogP contribution is 1.99. The van der Waals surface area contributed by atoms with E-state index >= 15 is 0 Å². The van der Waals surface area contributed by atoms with E-state index in [1.165, 1.54) is 0 Å². The van der Waals surface area contributed by atoms with Gasteiger partial charge in [0.1, 0.15) is 6.61 Å². The maximum Gasteiger partial charge on any atom is 0.261 e. The summed E-state index contributed by atoms with van der Waals surface area (Å²) in [5.41, 5.74) is 0. The van der Waals surface area contributed by atoms with Gasteiger partial charge in [0.2, 0.25) is 0 Å². The summed E-state index contributed by atoms with van der Waals surface area (Å²) in [4.78, 5) is 0. The van der Waals surface area contributed by atoms with Gasteiger partial charge in [0.05, 0.1) is 0 Å². The zero-order valence-electron chi connectivity index (χ0n) is 8.35. The molecule has 0 spiro atoms. The fourth-order valence-electron chi connectivity index (χ4n) is 1.14. The predicted molar refractivity (Wildman–Crippen MR) is 49.2 cm³/mol. The van der Waals surface area contributed by atoms with Crippen molar-refractivity contribution in [3.8, 4) is 0 Å². The van der Waals surface area contributed by atoms with E-state index in [0.29, 0.717) is 12.6 Å². The van der Waals surface area contributed by atoms with Gasteiger partial charge in [-0.25, -0.2) is 8.78 Å². The number of hydrogen-bond donors (Lipinski definition) is 1. The number of ether oxygens (including phenoxy) is 1. The van der Waals surface area contributed by atoms with E-state index in [9.17, 15) is 8.78 Å². The Balaban J connectivity index is 3.27. The minimum absolute atomic E-state index is 0.391. The third kappa shape index (κ3) is 8.12. The molecule has 4 heteroatoms. The van der Waals surface area contributed by atoms with E-state index in [2.05, 4.69) is 12.2 Å². The van der Waals surface area contributed by atoms with Gasteiger partial charge >= 0.3 is 0 Å². The van der Waals surface area contributed by atoms with Crippen LogP contribution in [0.5, 0.6) is 0 Å². The first-order valence-corrected chi connectivity index (χ1v) is 4.79. The Kier molecular flexibility index (Phi) is 8.24. The van der Waals surface area contributed by atoms with Crippen LogP contribution >= 0.6 is 0 Å². The van der Waals surface area contributed by atoms with Gasteiger partial charge in [0, 0.05) is 12.6 Å². The minimum Gasteiger partial charge on any atom is -0.375 e. The normalized spacial score (nSPS) is 13.6. The number of halogens is 2. The molecule has 1 atom stereocenters. The smallest absolute Gasteiger partial charge is 0.261 e. The first kappa shape index (κ1) is 12.8. The van der Waals surface area contributed by atoms with Crippen LogP contribution in [0, 0.1) is 0 Å². The van der Waals surface area contributed by atoms with Gasteiger partial charge in [-0.3, -0.25) is 0 Å². The molecule has 1 N–H and O–H groups in total. The van der Waals surface area contributed by atoms with Crippen molar-refractivity contribution in [2.24, 2.45) is 0 Å². The van der Waals surface area contributed by atoms with Crippen LogP contribution in [0.1, 0.15) is 26.7 Å². The first-order valence-electron chi connectivity index (χ1n) is 4.79. The van der Waals surface area contributed by atoms with Crippen LogP contribution in [0.3, 0.4) is 0 Å². The van der Waals surface area contributed by atoms with Crippen LogP contribution < -0.4 is 5.32 Å². The van der Waals surface area contributed by atoms with Crippen molar-refractivity contribution in [3.05, 3.63) is 0 Å². The Morgan fingerprint density at radius 1 is 1.31 bits per heavy atom. The number of alkyl halides is 2. The third-order valence-electron chi connectivity index (χ3n) is 1.84. The molecule has 0 aromatic heterocycles. The highest BCUT2D eigenvalue weighted by atomic mass is 19.3. The summed E-state index contributed by atoms with van der Waals surface area (Å²) >= 11 is 0. The number of rotatable bonds is 8. The lowest BCUT2D eigenvalue weighted by molar-refractivity contribution is 0.0144. The maximum absolute atomic E-state index is 11.6. The Labute approximate surface area is 78.7 Å². The third-order valence-corrected chi connectivity index (χ3v) is 1.84. The molecule has 0 aliphatic heterocycles. The number of nitrogens with one attached hydrogen (secondary N) is 1. The van der Waals surface area contributed by atoms with E-state index < -0.39 is 13.0 Å². The molecule has 0 amide bonds. The lowest BCUT2D eigenvalue weighted by atomic mass is 10.1. The van der Waals surface area contributed by atoms with E-state index in [1.54, 1.807) is 0 Å². The molecule has 0 aromatic rings. The van der Waals surface area contributed by atoms with Gasteiger partial charge in [-0.1, -0.05) is 13.8 Å². The van der Waals surface area contributed by atoms with Gasteiger partial charge in [-0.15, -0.1) is 0 Å². The highest BCUT2D eigenvalue weighted by molar-refractivity contribution is 4.62. The zero-order chi connectivity index (χ0) is 10.1. The second-order valence-corrected chi connectivity index (χ2v) is 2.92. The lowest BCUT2D eigenvalue weighted by Gasteiger charge is -2.15. The summed E-state index contributed by atoms with van der Waals surface area (Å²) in [5.74, 6) is 0. The molecule has 0 heterocycles. The van der Waals surface area contributed by atoms with Gasteiger partial charge in [0.15, 0.2) is 0 Å². The molecule has 0 saturated carbocycles. The molecular formula is C9H19F2NO. The topological polar surface area (TPSA) is 21.3 Å². The second-order valence-electron chi connectivity index (χ2n) is 2.92. The summed E-state index contributed by atoms with van der Waals surface area (Å²) in [6.45, 7) is 4.98. The molecule has 80 valence electrons. The molecule has 1 unspecified atom stereocenters. The predicted octanol–water partition coefficient (Wildman–Crippen LogP) is 2.05. The van der Waals surface area contributed by atoms with Gasteiger partial charge in [-0.2, -0.15) is 0 Å². The molecule has 0 saturated heterocycles. The molecule has 0 aromatic carbocycles. The fourth-order valence-corrected chi connectivity index (χ4v) is 1.14. The molecule has 0 aliphatic carbocycles.